The first-order chi connectivity index (χ1) is 10.8. The van der Waals surface area contributed by atoms with Gasteiger partial charge in [0.05, 0.1) is 22.0 Å². The van der Waals surface area contributed by atoms with E-state index in [0.29, 0.717) is 24.7 Å². The Kier molecular flexibility index (Phi) is 4.03. The van der Waals surface area contributed by atoms with Gasteiger partial charge in [0.15, 0.2) is 0 Å². The van der Waals surface area contributed by atoms with Gasteiger partial charge in [-0.3, -0.25) is 10.1 Å². The fraction of sp³-hybridized carbons (Fsp3) is 0.571. The highest BCUT2D eigenvalue weighted by Crippen LogP contribution is 2.39. The van der Waals surface area contributed by atoms with Crippen molar-refractivity contribution in [1.29, 1.82) is 0 Å². The van der Waals surface area contributed by atoms with E-state index in [4.69, 9.17) is 9.88 Å². The largest absolute Gasteiger partial charge is 0.371 e. The Morgan fingerprint density at radius 1 is 1.35 bits per heavy atom. The summed E-state index contributed by atoms with van der Waals surface area (Å²) >= 11 is 0. The summed E-state index contributed by atoms with van der Waals surface area (Å²) in [5, 5.41) is 16.4. The van der Waals surface area contributed by atoms with Crippen LogP contribution in [0.25, 0.3) is 0 Å². The zero-order valence-corrected chi connectivity index (χ0v) is 13.5. The molecule has 1 aliphatic carbocycles. The first-order valence-electron chi connectivity index (χ1n) is 7.47. The second kappa shape index (κ2) is 5.73. The molecule has 126 valence electrons. The van der Waals surface area contributed by atoms with E-state index >= 15 is 0 Å². The van der Waals surface area contributed by atoms with Gasteiger partial charge < -0.3 is 9.64 Å². The van der Waals surface area contributed by atoms with Crippen molar-refractivity contribution in [2.24, 2.45) is 11.1 Å². The molecule has 2 N–H and O–H groups in total. The van der Waals surface area contributed by atoms with E-state index in [1.165, 1.54) is 12.1 Å². The molecule has 1 aliphatic heterocycles. The second-order valence-electron chi connectivity index (χ2n) is 6.18. The average molecular weight is 341 g/mol. The van der Waals surface area contributed by atoms with Gasteiger partial charge in [0, 0.05) is 19.2 Å². The van der Waals surface area contributed by atoms with E-state index in [1.54, 1.807) is 0 Å². The van der Waals surface area contributed by atoms with Crippen LogP contribution in [0.15, 0.2) is 23.1 Å². The quantitative estimate of drug-likeness (QED) is 0.651. The van der Waals surface area contributed by atoms with E-state index in [-0.39, 0.29) is 22.8 Å². The van der Waals surface area contributed by atoms with Crippen LogP contribution >= 0.6 is 0 Å². The topological polar surface area (TPSA) is 116 Å². The summed E-state index contributed by atoms with van der Waals surface area (Å²) in [5.41, 5.74) is 0.156. The maximum atomic E-state index is 11.4. The van der Waals surface area contributed by atoms with Gasteiger partial charge in [-0.2, -0.15) is 0 Å². The minimum absolute atomic E-state index is 0.0353. The Labute approximate surface area is 134 Å². The fourth-order valence-corrected chi connectivity index (χ4v) is 3.54. The minimum atomic E-state index is -3.98. The van der Waals surface area contributed by atoms with Crippen molar-refractivity contribution in [3.63, 3.8) is 0 Å². The lowest BCUT2D eigenvalue weighted by atomic mass is 10.1. The summed E-state index contributed by atoms with van der Waals surface area (Å²) in [6.45, 7) is 3.04. The molecule has 3 rings (SSSR count). The van der Waals surface area contributed by atoms with Crippen molar-refractivity contribution >= 4 is 21.4 Å². The van der Waals surface area contributed by atoms with Gasteiger partial charge in [0.2, 0.25) is 10.0 Å². The van der Waals surface area contributed by atoms with Gasteiger partial charge in [0.1, 0.15) is 5.69 Å². The molecule has 0 radical (unpaired) electrons. The third-order valence-corrected chi connectivity index (χ3v) is 5.16. The summed E-state index contributed by atoms with van der Waals surface area (Å²) < 4.78 is 28.7. The first-order valence-corrected chi connectivity index (χ1v) is 9.02. The highest BCUT2D eigenvalue weighted by molar-refractivity contribution is 7.89. The lowest BCUT2D eigenvalue weighted by molar-refractivity contribution is -0.384. The smallest absolute Gasteiger partial charge is 0.293 e. The number of nitrogens with zero attached hydrogens (tertiary/aromatic N) is 2. The molecule has 8 nitrogen and oxygen atoms in total. The molecule has 1 saturated heterocycles. The van der Waals surface area contributed by atoms with Gasteiger partial charge >= 0.3 is 0 Å². The van der Waals surface area contributed by atoms with Gasteiger partial charge in [-0.1, -0.05) is 0 Å². The molecule has 1 heterocycles. The number of benzene rings is 1. The maximum Gasteiger partial charge on any atom is 0.293 e. The molecule has 0 bridgehead atoms. The van der Waals surface area contributed by atoms with Crippen molar-refractivity contribution < 1.29 is 18.1 Å². The Morgan fingerprint density at radius 3 is 2.61 bits per heavy atom. The predicted octanol–water partition coefficient (Wildman–Crippen LogP) is 1.25. The highest BCUT2D eigenvalue weighted by Gasteiger charge is 2.38. The van der Waals surface area contributed by atoms with Crippen LogP contribution in [0.4, 0.5) is 11.4 Å². The maximum absolute atomic E-state index is 11.4. The monoisotopic (exact) mass is 341 g/mol. The molecule has 9 heteroatoms. The zero-order chi connectivity index (χ0) is 16.8. The van der Waals surface area contributed by atoms with Crippen LogP contribution in [0.3, 0.4) is 0 Å². The summed E-state index contributed by atoms with van der Waals surface area (Å²) in [5.74, 6) is 0.517. The van der Waals surface area contributed by atoms with Crippen LogP contribution in [0.2, 0.25) is 0 Å². The van der Waals surface area contributed by atoms with Crippen LogP contribution in [-0.4, -0.2) is 38.6 Å². The van der Waals surface area contributed by atoms with Crippen molar-refractivity contribution in [1.82, 2.24) is 0 Å². The van der Waals surface area contributed by atoms with Crippen molar-refractivity contribution in [2.45, 2.75) is 36.9 Å². The Morgan fingerprint density at radius 2 is 2.04 bits per heavy atom. The standard InChI is InChI=1S/C14H19N3O5S/c1-9-7-16(8-14(22-9)10-2-3-10)12-5-4-11(23(15,20)21)6-13(12)17(18)19/h4-6,9-10,14H,2-3,7-8H2,1H3,(H2,15,20,21)/t9-,14+/m1/s1. The van der Waals surface area contributed by atoms with E-state index in [2.05, 4.69) is 0 Å². The van der Waals surface area contributed by atoms with Crippen LogP contribution in [0, 0.1) is 16.0 Å². The number of morpholine rings is 1. The highest BCUT2D eigenvalue weighted by atomic mass is 32.2. The number of primary sulfonamides is 1. The van der Waals surface area contributed by atoms with Crippen LogP contribution < -0.4 is 10.0 Å². The molecule has 0 amide bonds. The molecule has 0 aromatic heterocycles. The summed E-state index contributed by atoms with van der Waals surface area (Å²) in [6.07, 6.45) is 2.28. The summed E-state index contributed by atoms with van der Waals surface area (Å²) in [7, 11) is -3.98. The third-order valence-electron chi connectivity index (χ3n) is 4.25. The van der Waals surface area contributed by atoms with E-state index in [1.807, 2.05) is 11.8 Å². The van der Waals surface area contributed by atoms with Crippen LogP contribution in [0.5, 0.6) is 0 Å². The van der Waals surface area contributed by atoms with Crippen LogP contribution in [-0.2, 0) is 14.8 Å². The van der Waals surface area contributed by atoms with Gasteiger partial charge in [-0.25, -0.2) is 13.6 Å². The lowest BCUT2D eigenvalue weighted by Crippen LogP contribution is -2.47. The molecular weight excluding hydrogens is 322 g/mol. The number of nitro benzene ring substituents is 1. The summed E-state index contributed by atoms with van der Waals surface area (Å²) in [6, 6.07) is 3.79. The van der Waals surface area contributed by atoms with Gasteiger partial charge in [-0.15, -0.1) is 0 Å². The molecule has 0 unspecified atom stereocenters. The normalized spacial score (nSPS) is 25.4. The lowest BCUT2D eigenvalue weighted by Gasteiger charge is -2.38. The van der Waals surface area contributed by atoms with Crippen LogP contribution in [0.1, 0.15) is 19.8 Å². The predicted molar refractivity (Wildman–Crippen MR) is 83.7 cm³/mol. The van der Waals surface area contributed by atoms with E-state index in [0.717, 1.165) is 18.9 Å². The zero-order valence-electron chi connectivity index (χ0n) is 12.7. The molecule has 0 spiro atoms. The van der Waals surface area contributed by atoms with Crippen molar-refractivity contribution in [3.05, 3.63) is 28.3 Å². The number of ether oxygens (including phenoxy) is 1. The molecular formula is C14H19N3O5S. The number of hydrogen-bond donors (Lipinski definition) is 1. The Bertz CT molecular complexity index is 732. The molecule has 23 heavy (non-hydrogen) atoms. The van der Waals surface area contributed by atoms with Crippen molar-refractivity contribution in [3.8, 4) is 0 Å². The number of rotatable bonds is 4. The Balaban J connectivity index is 1.96. The fourth-order valence-electron chi connectivity index (χ4n) is 3.01. The first kappa shape index (κ1) is 16.2. The number of nitrogens with two attached hydrogens (primary N) is 1. The SMILES string of the molecule is C[C@@H]1CN(c2ccc(S(N)(=O)=O)cc2[N+](=O)[O-])C[C@@H](C2CC2)O1. The molecule has 2 atom stereocenters. The number of hydrogen-bond acceptors (Lipinski definition) is 6. The molecule has 1 aromatic carbocycles. The minimum Gasteiger partial charge on any atom is -0.371 e. The second-order valence-corrected chi connectivity index (χ2v) is 7.74. The number of sulfonamides is 1. The number of anilines is 1. The average Bonchev–Trinajstić information content (AvgIpc) is 3.29. The van der Waals surface area contributed by atoms with Gasteiger partial charge in [0.25, 0.3) is 5.69 Å². The van der Waals surface area contributed by atoms with E-state index in [9.17, 15) is 18.5 Å². The number of nitro groups is 1. The Hall–Kier alpha value is -1.71. The molecule has 1 aromatic rings. The molecule has 2 fully saturated rings. The summed E-state index contributed by atoms with van der Waals surface area (Å²) in [4.78, 5) is 12.4. The van der Waals surface area contributed by atoms with Crippen molar-refractivity contribution in [2.75, 3.05) is 18.0 Å². The van der Waals surface area contributed by atoms with Gasteiger partial charge in [-0.05, 0) is 37.8 Å². The molecule has 2 aliphatic rings. The van der Waals surface area contributed by atoms with E-state index < -0.39 is 14.9 Å². The molecule has 1 saturated carbocycles. The third kappa shape index (κ3) is 3.46.